The molecule has 0 bridgehead atoms. The van der Waals surface area contributed by atoms with E-state index in [1.54, 1.807) is 11.3 Å². The molecule has 5 heteroatoms. The lowest BCUT2D eigenvalue weighted by molar-refractivity contribution is 0.203. The largest absolute Gasteiger partial charge is 0.384 e. The molecule has 0 saturated carbocycles. The van der Waals surface area contributed by atoms with Gasteiger partial charge in [0, 0.05) is 28.3 Å². The van der Waals surface area contributed by atoms with Crippen LogP contribution in [0, 0.1) is 18.8 Å². The van der Waals surface area contributed by atoms with Crippen molar-refractivity contribution in [2.75, 3.05) is 19.7 Å². The third-order valence-electron chi connectivity index (χ3n) is 5.05. The van der Waals surface area contributed by atoms with Crippen LogP contribution in [0.4, 0.5) is 0 Å². The lowest BCUT2D eigenvalue weighted by Crippen LogP contribution is -2.32. The van der Waals surface area contributed by atoms with Crippen LogP contribution >= 0.6 is 11.3 Å². The zero-order valence-electron chi connectivity index (χ0n) is 15.0. The standard InChI is InChI=1S/C21H23N3OS/c1-15-4-2-6-19-20(15)23-21(22-19)17-7-9-24(10-8-17)13-18-12-16(14-26-18)5-3-11-25/h2,4,6,12,14,17,25H,7-11,13H2,1H3,(H,22,23). The number of aryl methyl sites for hydroxylation is 1. The van der Waals surface area contributed by atoms with Crippen molar-refractivity contribution in [3.05, 3.63) is 51.5 Å². The molecule has 0 aliphatic carbocycles. The Labute approximate surface area is 157 Å². The Balaban J connectivity index is 1.37. The van der Waals surface area contributed by atoms with Crippen molar-refractivity contribution in [3.8, 4) is 11.8 Å². The number of H-pyrrole nitrogens is 1. The van der Waals surface area contributed by atoms with Crippen LogP contribution in [0.1, 0.15) is 40.6 Å². The molecule has 0 amide bonds. The minimum atomic E-state index is -0.0833. The number of benzene rings is 1. The number of nitrogens with one attached hydrogen (secondary N) is 1. The number of piperidine rings is 1. The summed E-state index contributed by atoms with van der Waals surface area (Å²) in [5.41, 5.74) is 4.50. The van der Waals surface area contributed by atoms with Crippen LogP contribution in [0.3, 0.4) is 0 Å². The van der Waals surface area contributed by atoms with Crippen LogP contribution in [-0.2, 0) is 6.54 Å². The average Bonchev–Trinajstić information content (AvgIpc) is 3.28. The molecule has 1 fully saturated rings. The normalized spacial score (nSPS) is 15.9. The van der Waals surface area contributed by atoms with Gasteiger partial charge in [-0.3, -0.25) is 4.90 Å². The molecule has 0 unspecified atom stereocenters. The third-order valence-corrected chi connectivity index (χ3v) is 5.97. The minimum absolute atomic E-state index is 0.0833. The Bertz CT molecular complexity index is 954. The van der Waals surface area contributed by atoms with Crippen LogP contribution in [0.25, 0.3) is 11.0 Å². The first kappa shape index (κ1) is 17.3. The topological polar surface area (TPSA) is 52.2 Å². The maximum atomic E-state index is 8.79. The molecule has 0 radical (unpaired) electrons. The molecule has 4 nitrogen and oxygen atoms in total. The van der Waals surface area contributed by atoms with E-state index in [0.29, 0.717) is 5.92 Å². The minimum Gasteiger partial charge on any atom is -0.384 e. The number of fused-ring (bicyclic) bond motifs is 1. The van der Waals surface area contributed by atoms with Crippen LogP contribution in [0.15, 0.2) is 29.6 Å². The number of thiophene rings is 1. The van der Waals surface area contributed by atoms with Crippen molar-refractivity contribution in [2.45, 2.75) is 32.2 Å². The number of aliphatic hydroxyl groups excluding tert-OH is 1. The molecule has 1 aliphatic heterocycles. The van der Waals surface area contributed by atoms with Crippen molar-refractivity contribution >= 4 is 22.4 Å². The van der Waals surface area contributed by atoms with Gasteiger partial charge in [-0.2, -0.15) is 0 Å². The third kappa shape index (κ3) is 3.68. The van der Waals surface area contributed by atoms with Gasteiger partial charge < -0.3 is 10.1 Å². The fourth-order valence-electron chi connectivity index (χ4n) is 3.64. The summed E-state index contributed by atoms with van der Waals surface area (Å²) >= 11 is 1.75. The Morgan fingerprint density at radius 3 is 2.96 bits per heavy atom. The summed E-state index contributed by atoms with van der Waals surface area (Å²) < 4.78 is 0. The molecule has 2 N–H and O–H groups in total. The van der Waals surface area contributed by atoms with Gasteiger partial charge in [0.25, 0.3) is 0 Å². The number of rotatable bonds is 3. The second-order valence-electron chi connectivity index (χ2n) is 6.91. The van der Waals surface area contributed by atoms with Gasteiger partial charge in [0.05, 0.1) is 11.0 Å². The number of nitrogens with zero attached hydrogens (tertiary/aromatic N) is 2. The van der Waals surface area contributed by atoms with Crippen molar-refractivity contribution in [1.29, 1.82) is 0 Å². The zero-order chi connectivity index (χ0) is 17.9. The summed E-state index contributed by atoms with van der Waals surface area (Å²) in [5, 5.41) is 10.9. The number of aliphatic hydroxyl groups is 1. The fraction of sp³-hybridized carbons (Fsp3) is 0.381. The first-order chi connectivity index (χ1) is 12.7. The highest BCUT2D eigenvalue weighted by Crippen LogP contribution is 2.29. The molecule has 0 spiro atoms. The predicted octanol–water partition coefficient (Wildman–Crippen LogP) is 3.66. The number of likely N-dealkylation sites (tertiary alicyclic amines) is 1. The Morgan fingerprint density at radius 2 is 2.19 bits per heavy atom. The highest BCUT2D eigenvalue weighted by Gasteiger charge is 2.23. The highest BCUT2D eigenvalue weighted by molar-refractivity contribution is 7.10. The van der Waals surface area contributed by atoms with E-state index in [0.717, 1.165) is 54.9 Å². The van der Waals surface area contributed by atoms with E-state index in [1.807, 2.05) is 0 Å². The van der Waals surface area contributed by atoms with E-state index in [4.69, 9.17) is 10.1 Å². The molecule has 2 aromatic heterocycles. The monoisotopic (exact) mass is 365 g/mol. The molecular weight excluding hydrogens is 342 g/mol. The fourth-order valence-corrected chi connectivity index (χ4v) is 4.50. The highest BCUT2D eigenvalue weighted by atomic mass is 32.1. The Morgan fingerprint density at radius 1 is 1.35 bits per heavy atom. The lowest BCUT2D eigenvalue weighted by atomic mass is 9.96. The van der Waals surface area contributed by atoms with Crippen LogP contribution < -0.4 is 0 Å². The Hall–Kier alpha value is -2.13. The summed E-state index contributed by atoms with van der Waals surface area (Å²) in [6, 6.07) is 8.46. The van der Waals surface area contributed by atoms with Gasteiger partial charge in [-0.1, -0.05) is 24.0 Å². The molecule has 0 atom stereocenters. The molecule has 3 aromatic rings. The van der Waals surface area contributed by atoms with E-state index in [9.17, 15) is 0 Å². The number of imidazole rings is 1. The summed E-state index contributed by atoms with van der Waals surface area (Å²) in [5.74, 6) is 7.35. The smallest absolute Gasteiger partial charge is 0.110 e. The predicted molar refractivity (Wildman–Crippen MR) is 106 cm³/mol. The lowest BCUT2D eigenvalue weighted by Gasteiger charge is -2.30. The number of para-hydroxylation sites is 1. The molecular formula is C21H23N3OS. The van der Waals surface area contributed by atoms with Crippen molar-refractivity contribution in [1.82, 2.24) is 14.9 Å². The van der Waals surface area contributed by atoms with Crippen LogP contribution in [-0.4, -0.2) is 39.7 Å². The van der Waals surface area contributed by atoms with E-state index in [-0.39, 0.29) is 6.61 Å². The quantitative estimate of drug-likeness (QED) is 0.697. The van der Waals surface area contributed by atoms with E-state index < -0.39 is 0 Å². The molecule has 4 rings (SSSR count). The van der Waals surface area contributed by atoms with Crippen molar-refractivity contribution in [3.63, 3.8) is 0 Å². The van der Waals surface area contributed by atoms with Gasteiger partial charge in [-0.25, -0.2) is 4.98 Å². The molecule has 1 saturated heterocycles. The number of hydrogen-bond acceptors (Lipinski definition) is 4. The van der Waals surface area contributed by atoms with E-state index in [2.05, 4.69) is 58.3 Å². The van der Waals surface area contributed by atoms with Gasteiger partial charge in [0.2, 0.25) is 0 Å². The second-order valence-corrected chi connectivity index (χ2v) is 7.90. The van der Waals surface area contributed by atoms with Gasteiger partial charge >= 0.3 is 0 Å². The zero-order valence-corrected chi connectivity index (χ0v) is 15.8. The summed E-state index contributed by atoms with van der Waals surface area (Å²) in [6.07, 6.45) is 2.28. The number of aromatic nitrogens is 2. The second kappa shape index (κ2) is 7.63. The van der Waals surface area contributed by atoms with Gasteiger partial charge in [0.15, 0.2) is 0 Å². The maximum Gasteiger partial charge on any atom is 0.110 e. The van der Waals surface area contributed by atoms with Crippen LogP contribution in [0.5, 0.6) is 0 Å². The first-order valence-electron chi connectivity index (χ1n) is 9.07. The summed E-state index contributed by atoms with van der Waals surface area (Å²) in [4.78, 5) is 12.3. The summed E-state index contributed by atoms with van der Waals surface area (Å²) in [7, 11) is 0. The number of aromatic amines is 1. The van der Waals surface area contributed by atoms with Crippen molar-refractivity contribution in [2.24, 2.45) is 0 Å². The molecule has 3 heterocycles. The van der Waals surface area contributed by atoms with Gasteiger partial charge in [-0.05, 0) is 50.6 Å². The van der Waals surface area contributed by atoms with Gasteiger partial charge in [-0.15, -0.1) is 11.3 Å². The maximum absolute atomic E-state index is 8.79. The molecule has 134 valence electrons. The molecule has 1 aromatic carbocycles. The SMILES string of the molecule is Cc1cccc2[nH]c(C3CCN(Cc4cc(C#CCO)cs4)CC3)nc12. The Kier molecular flexibility index (Phi) is 5.07. The molecule has 1 aliphatic rings. The first-order valence-corrected chi connectivity index (χ1v) is 9.95. The number of hydrogen-bond donors (Lipinski definition) is 2. The van der Waals surface area contributed by atoms with Crippen molar-refractivity contribution < 1.29 is 5.11 Å². The van der Waals surface area contributed by atoms with E-state index in [1.165, 1.54) is 10.4 Å². The van der Waals surface area contributed by atoms with Gasteiger partial charge in [0.1, 0.15) is 12.4 Å². The summed E-state index contributed by atoms with van der Waals surface area (Å²) in [6.45, 7) is 5.21. The van der Waals surface area contributed by atoms with Crippen LogP contribution in [0.2, 0.25) is 0 Å². The molecule has 26 heavy (non-hydrogen) atoms. The van der Waals surface area contributed by atoms with E-state index >= 15 is 0 Å². The average molecular weight is 366 g/mol.